The Bertz CT molecular complexity index is 1030. The second-order valence-corrected chi connectivity index (χ2v) is 8.57. The van der Waals surface area contributed by atoms with Gasteiger partial charge in [-0.3, -0.25) is 5.43 Å². The molecular formula is C21H18Cl2N4S. The highest BCUT2D eigenvalue weighted by molar-refractivity contribution is 7.10. The summed E-state index contributed by atoms with van der Waals surface area (Å²) in [5.74, 6) is 0. The van der Waals surface area contributed by atoms with Crippen LogP contribution in [0, 0.1) is 0 Å². The summed E-state index contributed by atoms with van der Waals surface area (Å²) in [7, 11) is 0. The van der Waals surface area contributed by atoms with E-state index in [0.717, 1.165) is 27.5 Å². The molecule has 1 aliphatic rings. The van der Waals surface area contributed by atoms with Crippen molar-refractivity contribution in [3.05, 3.63) is 80.9 Å². The third-order valence-electron chi connectivity index (χ3n) is 4.59. The van der Waals surface area contributed by atoms with Crippen molar-refractivity contribution in [3.8, 4) is 11.3 Å². The molecule has 0 spiro atoms. The van der Waals surface area contributed by atoms with Crippen LogP contribution in [-0.4, -0.2) is 11.3 Å². The topological polar surface area (TPSA) is 40.5 Å². The van der Waals surface area contributed by atoms with E-state index in [1.165, 1.54) is 0 Å². The van der Waals surface area contributed by atoms with E-state index < -0.39 is 5.41 Å². The molecule has 7 heteroatoms. The number of thiazole rings is 1. The predicted octanol–water partition coefficient (Wildman–Crippen LogP) is 6.27. The van der Waals surface area contributed by atoms with Crippen LogP contribution in [0.3, 0.4) is 0 Å². The number of anilines is 1. The Morgan fingerprint density at radius 1 is 1.07 bits per heavy atom. The van der Waals surface area contributed by atoms with E-state index in [0.29, 0.717) is 10.0 Å². The number of nitrogens with one attached hydrogen (secondary N) is 1. The first-order valence-corrected chi connectivity index (χ1v) is 10.3. The molecule has 0 unspecified atom stereocenters. The number of rotatable bonds is 4. The molecule has 28 heavy (non-hydrogen) atoms. The molecule has 0 aliphatic carbocycles. The molecule has 2 aromatic carbocycles. The van der Waals surface area contributed by atoms with E-state index in [9.17, 15) is 0 Å². The number of nitrogens with zero attached hydrogens (tertiary/aromatic N) is 3. The minimum Gasteiger partial charge on any atom is -0.299 e. The first-order chi connectivity index (χ1) is 13.5. The van der Waals surface area contributed by atoms with Crippen LogP contribution >= 0.6 is 34.5 Å². The smallest absolute Gasteiger partial charge is 0.115 e. The van der Waals surface area contributed by atoms with E-state index >= 15 is 0 Å². The van der Waals surface area contributed by atoms with Crippen LogP contribution in [-0.2, 0) is 5.41 Å². The average Bonchev–Trinajstić information content (AvgIpc) is 3.20. The summed E-state index contributed by atoms with van der Waals surface area (Å²) < 4.78 is 0. The fourth-order valence-electron chi connectivity index (χ4n) is 3.14. The van der Waals surface area contributed by atoms with Crippen molar-refractivity contribution in [1.29, 1.82) is 0 Å². The fourth-order valence-corrected chi connectivity index (χ4v) is 5.05. The Kier molecular flexibility index (Phi) is 5.15. The third kappa shape index (κ3) is 3.53. The van der Waals surface area contributed by atoms with E-state index in [2.05, 4.69) is 41.8 Å². The van der Waals surface area contributed by atoms with Gasteiger partial charge in [-0.1, -0.05) is 53.5 Å². The normalized spacial score (nSPS) is 13.6. The van der Waals surface area contributed by atoms with E-state index in [4.69, 9.17) is 28.2 Å². The lowest BCUT2D eigenvalue weighted by Gasteiger charge is -2.28. The second-order valence-electron chi connectivity index (χ2n) is 6.89. The molecule has 0 saturated carbocycles. The minimum atomic E-state index is -0.437. The van der Waals surface area contributed by atoms with Crippen LogP contribution in [0.5, 0.6) is 0 Å². The van der Waals surface area contributed by atoms with Gasteiger partial charge in [-0.25, -0.2) is 15.0 Å². The van der Waals surface area contributed by atoms with Crippen molar-refractivity contribution in [2.24, 2.45) is 4.99 Å². The highest BCUT2D eigenvalue weighted by atomic mass is 35.5. The van der Waals surface area contributed by atoms with Crippen molar-refractivity contribution < 1.29 is 0 Å². The maximum atomic E-state index is 6.69. The van der Waals surface area contributed by atoms with Gasteiger partial charge in [-0.15, -0.1) is 11.3 Å². The number of aliphatic imine (C=N–C) groups is 1. The Hall–Kier alpha value is -2.34. The molecule has 0 bridgehead atoms. The van der Waals surface area contributed by atoms with Gasteiger partial charge in [0.25, 0.3) is 0 Å². The van der Waals surface area contributed by atoms with Crippen molar-refractivity contribution in [2.75, 3.05) is 5.01 Å². The summed E-state index contributed by atoms with van der Waals surface area (Å²) in [4.78, 5) is 8.98. The quantitative estimate of drug-likeness (QED) is 0.532. The second kappa shape index (κ2) is 7.59. The zero-order valence-corrected chi connectivity index (χ0v) is 17.7. The van der Waals surface area contributed by atoms with Gasteiger partial charge in [-0.2, -0.15) is 0 Å². The summed E-state index contributed by atoms with van der Waals surface area (Å²) in [6.45, 7) is 4.19. The van der Waals surface area contributed by atoms with Gasteiger partial charge in [0.15, 0.2) is 0 Å². The first-order valence-electron chi connectivity index (χ1n) is 8.71. The van der Waals surface area contributed by atoms with Gasteiger partial charge >= 0.3 is 0 Å². The molecule has 2 heterocycles. The largest absolute Gasteiger partial charge is 0.299 e. The lowest BCUT2D eigenvalue weighted by molar-refractivity contribution is 0.636. The van der Waals surface area contributed by atoms with Gasteiger partial charge in [0.1, 0.15) is 11.3 Å². The standard InChI is InChI=1S/C21H18Cl2N4S/c1-21(2,20-26-18(12-28-20)14-6-4-3-5-7-14)19-16(22)10-15(11-17(19)23)27-13-24-8-9-25-27/h3-13,25H,1-2H3. The molecule has 4 nitrogen and oxygen atoms in total. The zero-order chi connectivity index (χ0) is 19.7. The SMILES string of the molecule is CC(C)(c1nc(-c2ccccc2)cs1)c1c(Cl)cc(N2C=NC=CN2)cc1Cl. The lowest BCUT2D eigenvalue weighted by Crippen LogP contribution is -2.34. The Balaban J connectivity index is 1.70. The summed E-state index contributed by atoms with van der Waals surface area (Å²) in [6, 6.07) is 13.9. The van der Waals surface area contributed by atoms with Crippen molar-refractivity contribution in [1.82, 2.24) is 10.4 Å². The number of hydrogen-bond donors (Lipinski definition) is 1. The molecule has 0 atom stereocenters. The van der Waals surface area contributed by atoms with Gasteiger partial charge in [-0.05, 0) is 26.0 Å². The minimum absolute atomic E-state index is 0.437. The summed E-state index contributed by atoms with van der Waals surface area (Å²) in [6.07, 6.45) is 5.07. The molecule has 142 valence electrons. The van der Waals surface area contributed by atoms with Gasteiger partial charge in [0.2, 0.25) is 0 Å². The van der Waals surface area contributed by atoms with E-state index in [1.807, 2.05) is 30.3 Å². The molecule has 1 aliphatic heterocycles. The summed E-state index contributed by atoms with van der Waals surface area (Å²) >= 11 is 15.0. The number of benzene rings is 2. The first kappa shape index (κ1) is 19.0. The summed E-state index contributed by atoms with van der Waals surface area (Å²) in [5.41, 5.74) is 6.36. The lowest BCUT2D eigenvalue weighted by atomic mass is 9.85. The van der Waals surface area contributed by atoms with Crippen molar-refractivity contribution in [2.45, 2.75) is 19.3 Å². The molecule has 1 aromatic heterocycles. The molecule has 1 N–H and O–H groups in total. The highest BCUT2D eigenvalue weighted by Gasteiger charge is 2.32. The number of hydrazine groups is 1. The molecule has 0 saturated heterocycles. The van der Waals surface area contributed by atoms with E-state index in [1.54, 1.807) is 35.1 Å². The monoisotopic (exact) mass is 428 g/mol. The van der Waals surface area contributed by atoms with Crippen LogP contribution < -0.4 is 10.4 Å². The Labute approximate surface area is 178 Å². The van der Waals surface area contributed by atoms with Crippen LogP contribution in [0.1, 0.15) is 24.4 Å². The molecule has 0 amide bonds. The molecular weight excluding hydrogens is 411 g/mol. The van der Waals surface area contributed by atoms with Crippen LogP contribution in [0.4, 0.5) is 5.69 Å². The maximum absolute atomic E-state index is 6.69. The van der Waals surface area contributed by atoms with Gasteiger partial charge < -0.3 is 0 Å². The predicted molar refractivity (Wildman–Crippen MR) is 119 cm³/mol. The van der Waals surface area contributed by atoms with Gasteiger partial charge in [0.05, 0.1) is 11.4 Å². The maximum Gasteiger partial charge on any atom is 0.115 e. The Morgan fingerprint density at radius 2 is 1.79 bits per heavy atom. The van der Waals surface area contributed by atoms with Crippen LogP contribution in [0.2, 0.25) is 10.0 Å². The third-order valence-corrected chi connectivity index (χ3v) is 6.36. The average molecular weight is 429 g/mol. The van der Waals surface area contributed by atoms with Crippen molar-refractivity contribution in [3.63, 3.8) is 0 Å². The van der Waals surface area contributed by atoms with E-state index in [-0.39, 0.29) is 0 Å². The summed E-state index contributed by atoms with van der Waals surface area (Å²) in [5, 5.41) is 5.97. The van der Waals surface area contributed by atoms with Crippen LogP contribution in [0.25, 0.3) is 11.3 Å². The fraction of sp³-hybridized carbons (Fsp3) is 0.143. The molecule has 0 radical (unpaired) electrons. The van der Waals surface area contributed by atoms with Crippen molar-refractivity contribution >= 4 is 46.6 Å². The van der Waals surface area contributed by atoms with Gasteiger partial charge in [0, 0.05) is 44.4 Å². The molecule has 4 rings (SSSR count). The zero-order valence-electron chi connectivity index (χ0n) is 15.4. The molecule has 3 aromatic rings. The highest BCUT2D eigenvalue weighted by Crippen LogP contribution is 2.43. The Morgan fingerprint density at radius 3 is 2.43 bits per heavy atom. The van der Waals surface area contributed by atoms with Crippen LogP contribution in [0.15, 0.2) is 65.2 Å². The molecule has 0 fully saturated rings. The number of halogens is 2. The number of hydrogen-bond acceptors (Lipinski definition) is 5. The number of aromatic nitrogens is 1.